The number of aliphatic imine (C=N–C) groups is 2. The molecule has 4 aromatic carbocycles. The molecule has 5 aromatic rings. The van der Waals surface area contributed by atoms with E-state index in [1.54, 1.807) is 6.07 Å². The Kier molecular flexibility index (Phi) is 6.36. The molecule has 1 aromatic heterocycles. The van der Waals surface area contributed by atoms with Crippen LogP contribution in [-0.2, 0) is 0 Å². The first-order valence-corrected chi connectivity index (χ1v) is 12.3. The summed E-state index contributed by atoms with van der Waals surface area (Å²) in [5, 5.41) is 0. The topological polar surface area (TPSA) is 29.6 Å². The average Bonchev–Trinajstić information content (AvgIpc) is 3.57. The summed E-state index contributed by atoms with van der Waals surface area (Å²) in [6, 6.07) is 40.1. The first-order chi connectivity index (χ1) is 18.7. The lowest BCUT2D eigenvalue weighted by molar-refractivity contribution is 0.632. The van der Waals surface area contributed by atoms with E-state index in [1.807, 2.05) is 127 Å². The second-order valence-electron chi connectivity index (χ2n) is 8.87. The molecule has 0 fully saturated rings. The number of halogens is 2. The fourth-order valence-corrected chi connectivity index (χ4v) is 4.67. The zero-order chi connectivity index (χ0) is 25.9. The fraction of sp³-hybridized carbons (Fsp3) is 0. The number of allylic oxidation sites excluding steroid dienone is 1. The van der Waals surface area contributed by atoms with Crippen molar-refractivity contribution in [3.63, 3.8) is 0 Å². The lowest BCUT2D eigenvalue weighted by Gasteiger charge is -2.10. The van der Waals surface area contributed by atoms with Gasteiger partial charge in [-0.15, -0.1) is 0 Å². The van der Waals surface area contributed by atoms with Gasteiger partial charge in [0.25, 0.3) is 0 Å². The highest BCUT2D eigenvalue weighted by Crippen LogP contribution is 2.40. The molecular formula is C32H22BF2N3. The number of rotatable bonds is 6. The smallest absolute Gasteiger partial charge is 0.309 e. The zero-order valence-electron chi connectivity index (χ0n) is 20.4. The first-order valence-electron chi connectivity index (χ1n) is 12.3. The first kappa shape index (κ1) is 23.6. The Morgan fingerprint density at radius 2 is 1.11 bits per heavy atom. The molecule has 0 unspecified atom stereocenters. The predicted octanol–water partition coefficient (Wildman–Crippen LogP) is 8.21. The van der Waals surface area contributed by atoms with Gasteiger partial charge in [0.05, 0.1) is 5.71 Å². The average molecular weight is 497 g/mol. The Morgan fingerprint density at radius 3 is 1.66 bits per heavy atom. The van der Waals surface area contributed by atoms with Crippen LogP contribution in [0.5, 0.6) is 0 Å². The Bertz CT molecular complexity index is 1660. The summed E-state index contributed by atoms with van der Waals surface area (Å²) in [6.45, 7) is 0. The Labute approximate surface area is 220 Å². The molecule has 1 aliphatic heterocycles. The number of amidine groups is 1. The highest BCUT2D eigenvalue weighted by atomic mass is 19.2. The molecule has 6 heteroatoms. The number of hydrogen-bond acceptors (Lipinski definition) is 1. The molecule has 1 aliphatic rings. The molecule has 3 nitrogen and oxygen atoms in total. The molecule has 0 saturated carbocycles. The largest absolute Gasteiger partial charge is 0.679 e. The molecule has 38 heavy (non-hydrogen) atoms. The molecule has 6 rings (SSSR count). The van der Waals surface area contributed by atoms with Gasteiger partial charge in [-0.2, -0.15) is 0 Å². The van der Waals surface area contributed by atoms with Crippen molar-refractivity contribution in [3.05, 3.63) is 145 Å². The quantitative estimate of drug-likeness (QED) is 0.212. The van der Waals surface area contributed by atoms with Crippen molar-refractivity contribution >= 4 is 30.3 Å². The maximum absolute atomic E-state index is 14.8. The lowest BCUT2D eigenvalue weighted by atomic mass is 10.0. The van der Waals surface area contributed by atoms with Gasteiger partial charge in [0.15, 0.2) is 5.84 Å². The molecule has 0 N–H and O–H groups in total. The monoisotopic (exact) mass is 497 g/mol. The van der Waals surface area contributed by atoms with Crippen molar-refractivity contribution < 1.29 is 8.63 Å². The summed E-state index contributed by atoms with van der Waals surface area (Å²) in [5.41, 5.74) is 5.88. The van der Waals surface area contributed by atoms with E-state index in [0.29, 0.717) is 22.7 Å². The van der Waals surface area contributed by atoms with E-state index >= 15 is 0 Å². The number of nitrogens with zero attached hydrogens (tertiary/aromatic N) is 3. The van der Waals surface area contributed by atoms with Crippen molar-refractivity contribution in [2.75, 3.05) is 0 Å². The van der Waals surface area contributed by atoms with Crippen molar-refractivity contribution in [2.45, 2.75) is 0 Å². The molecule has 0 spiro atoms. The van der Waals surface area contributed by atoms with E-state index in [0.717, 1.165) is 32.5 Å². The van der Waals surface area contributed by atoms with Gasteiger partial charge in [-0.05, 0) is 28.8 Å². The predicted molar refractivity (Wildman–Crippen MR) is 153 cm³/mol. The van der Waals surface area contributed by atoms with E-state index in [2.05, 4.69) is 0 Å². The van der Waals surface area contributed by atoms with Crippen LogP contribution in [0.25, 0.3) is 28.0 Å². The van der Waals surface area contributed by atoms with Gasteiger partial charge in [-0.25, -0.2) is 9.98 Å². The summed E-state index contributed by atoms with van der Waals surface area (Å²) < 4.78 is 30.6. The minimum atomic E-state index is -2.80. The van der Waals surface area contributed by atoms with Crippen LogP contribution in [0.2, 0.25) is 0 Å². The number of hydrogen-bond donors (Lipinski definition) is 0. The third-order valence-electron chi connectivity index (χ3n) is 6.47. The third-order valence-corrected chi connectivity index (χ3v) is 6.47. The van der Waals surface area contributed by atoms with Crippen LogP contribution in [0.4, 0.5) is 14.4 Å². The third kappa shape index (κ3) is 4.52. The van der Waals surface area contributed by atoms with Crippen molar-refractivity contribution in [1.82, 2.24) is 4.48 Å². The normalized spacial score (nSPS) is 13.9. The second kappa shape index (κ2) is 10.3. The Hall–Kier alpha value is -4.84. The van der Waals surface area contributed by atoms with Crippen LogP contribution in [-0.4, -0.2) is 23.4 Å². The molecule has 0 bridgehead atoms. The maximum atomic E-state index is 14.8. The molecule has 182 valence electrons. The molecule has 0 saturated heterocycles. The van der Waals surface area contributed by atoms with Crippen LogP contribution in [0.3, 0.4) is 0 Å². The second-order valence-corrected chi connectivity index (χ2v) is 8.87. The standard InChI is InChI=1S/C32H22BF2N3/c34-33(35)38-30(26-19-11-4-12-20-26)22-28(24-15-7-2-8-16-24)32(38)37-31-27(23-13-5-1-6-14-23)21-29(36-31)25-17-9-3-10-18-25/h1-22H/b37-31-. The lowest BCUT2D eigenvalue weighted by Crippen LogP contribution is -2.14. The van der Waals surface area contributed by atoms with Gasteiger partial charge in [-0.3, -0.25) is 8.63 Å². The van der Waals surface area contributed by atoms with Gasteiger partial charge < -0.3 is 4.48 Å². The van der Waals surface area contributed by atoms with E-state index < -0.39 is 7.40 Å². The summed E-state index contributed by atoms with van der Waals surface area (Å²) in [5.74, 6) is 0.562. The van der Waals surface area contributed by atoms with E-state index in [1.165, 1.54) is 0 Å². The molecule has 0 amide bonds. The van der Waals surface area contributed by atoms with Gasteiger partial charge in [0.2, 0.25) is 0 Å². The molecular weight excluding hydrogens is 475 g/mol. The maximum Gasteiger partial charge on any atom is 0.679 e. The summed E-state index contributed by atoms with van der Waals surface area (Å²) in [4.78, 5) is 9.72. The Balaban J connectivity index is 1.60. The number of aromatic nitrogens is 1. The van der Waals surface area contributed by atoms with Crippen LogP contribution in [0.1, 0.15) is 11.1 Å². The van der Waals surface area contributed by atoms with Crippen LogP contribution in [0, 0.1) is 0 Å². The minimum absolute atomic E-state index is 0.167. The van der Waals surface area contributed by atoms with Crippen molar-refractivity contribution in [1.29, 1.82) is 0 Å². The highest BCUT2D eigenvalue weighted by molar-refractivity contribution is 6.43. The highest BCUT2D eigenvalue weighted by Gasteiger charge is 2.29. The fourth-order valence-electron chi connectivity index (χ4n) is 4.67. The molecule has 0 atom stereocenters. The van der Waals surface area contributed by atoms with Crippen LogP contribution >= 0.6 is 0 Å². The van der Waals surface area contributed by atoms with Gasteiger partial charge in [0, 0.05) is 22.4 Å². The van der Waals surface area contributed by atoms with Crippen molar-refractivity contribution in [2.24, 2.45) is 9.98 Å². The molecule has 0 aliphatic carbocycles. The summed E-state index contributed by atoms with van der Waals surface area (Å²) in [6.07, 6.45) is 1.97. The van der Waals surface area contributed by atoms with Crippen LogP contribution in [0.15, 0.2) is 143 Å². The summed E-state index contributed by atoms with van der Waals surface area (Å²) in [7, 11) is -2.80. The minimum Gasteiger partial charge on any atom is -0.309 e. The van der Waals surface area contributed by atoms with E-state index in [9.17, 15) is 8.63 Å². The molecule has 0 radical (unpaired) electrons. The SMILES string of the molecule is FB(F)n1c(-c2ccccc2)cc(-c2ccccc2)c1/N=C1\N=C(c2ccccc2)C=C1c1ccccc1. The Morgan fingerprint density at radius 1 is 0.605 bits per heavy atom. The molecule has 2 heterocycles. The number of benzene rings is 4. The summed E-state index contributed by atoms with van der Waals surface area (Å²) >= 11 is 0. The van der Waals surface area contributed by atoms with E-state index in [4.69, 9.17) is 9.98 Å². The van der Waals surface area contributed by atoms with Gasteiger partial charge in [-0.1, -0.05) is 121 Å². The van der Waals surface area contributed by atoms with Gasteiger partial charge in [0.1, 0.15) is 5.82 Å². The van der Waals surface area contributed by atoms with E-state index in [-0.39, 0.29) is 5.82 Å². The van der Waals surface area contributed by atoms with Crippen LogP contribution < -0.4 is 0 Å². The van der Waals surface area contributed by atoms with Gasteiger partial charge >= 0.3 is 7.40 Å². The van der Waals surface area contributed by atoms with Crippen molar-refractivity contribution in [3.8, 4) is 22.4 Å². The zero-order valence-corrected chi connectivity index (χ0v) is 20.4.